The Morgan fingerprint density at radius 3 is 2.32 bits per heavy atom. The minimum atomic E-state index is -0.0840. The molecule has 1 heterocycles. The van der Waals surface area contributed by atoms with Crippen LogP contribution in [-0.4, -0.2) is 43.4 Å². The number of nitrogens with zero attached hydrogens (tertiary/aromatic N) is 2. The van der Waals surface area contributed by atoms with Crippen molar-refractivity contribution in [2.24, 2.45) is 11.3 Å². The molecule has 184 valence electrons. The van der Waals surface area contributed by atoms with Gasteiger partial charge in [-0.25, -0.2) is 0 Å². The van der Waals surface area contributed by atoms with Crippen molar-refractivity contribution in [3.8, 4) is 0 Å². The van der Waals surface area contributed by atoms with Crippen molar-refractivity contribution < 1.29 is 9.59 Å². The average molecular weight is 484 g/mol. The van der Waals surface area contributed by atoms with Crippen LogP contribution < -0.4 is 10.2 Å². The Kier molecular flexibility index (Phi) is 8.78. The third-order valence-corrected chi connectivity index (χ3v) is 6.95. The molecule has 5 nitrogen and oxygen atoms in total. The number of benzene rings is 2. The second kappa shape index (κ2) is 11.4. The Labute approximate surface area is 209 Å². The van der Waals surface area contributed by atoms with Gasteiger partial charge in [0, 0.05) is 35.8 Å². The van der Waals surface area contributed by atoms with Crippen LogP contribution in [0.15, 0.2) is 42.5 Å². The molecular formula is C28H38ClN3O2. The molecule has 6 heteroatoms. The van der Waals surface area contributed by atoms with Crippen LogP contribution in [0, 0.1) is 18.3 Å². The van der Waals surface area contributed by atoms with Gasteiger partial charge >= 0.3 is 0 Å². The van der Waals surface area contributed by atoms with Crippen LogP contribution in [0.25, 0.3) is 0 Å². The molecule has 0 aliphatic carbocycles. The summed E-state index contributed by atoms with van der Waals surface area (Å²) in [5.41, 5.74) is 3.77. The summed E-state index contributed by atoms with van der Waals surface area (Å²) >= 11 is 5.95. The van der Waals surface area contributed by atoms with Crippen molar-refractivity contribution in [3.63, 3.8) is 0 Å². The summed E-state index contributed by atoms with van der Waals surface area (Å²) in [5, 5.41) is 3.75. The topological polar surface area (TPSA) is 52.7 Å². The lowest BCUT2D eigenvalue weighted by atomic mass is 9.90. The first-order valence-electron chi connectivity index (χ1n) is 12.2. The molecule has 2 aromatic carbocycles. The van der Waals surface area contributed by atoms with Crippen molar-refractivity contribution in [1.82, 2.24) is 10.2 Å². The Balaban J connectivity index is 1.50. The van der Waals surface area contributed by atoms with Gasteiger partial charge in [0.25, 0.3) is 5.91 Å². The summed E-state index contributed by atoms with van der Waals surface area (Å²) in [7, 11) is 1.75. The number of nitrogens with one attached hydrogen (secondary N) is 1. The van der Waals surface area contributed by atoms with Crippen molar-refractivity contribution in [1.29, 1.82) is 0 Å². The third-order valence-electron chi connectivity index (χ3n) is 6.70. The molecule has 2 aromatic rings. The van der Waals surface area contributed by atoms with Crippen LogP contribution in [0.5, 0.6) is 0 Å². The van der Waals surface area contributed by atoms with Gasteiger partial charge in [-0.15, -0.1) is 0 Å². The van der Waals surface area contributed by atoms with Crippen LogP contribution in [-0.2, 0) is 11.3 Å². The highest BCUT2D eigenvalue weighted by atomic mass is 35.5. The Morgan fingerprint density at radius 2 is 1.74 bits per heavy atom. The first kappa shape index (κ1) is 26.2. The first-order valence-corrected chi connectivity index (χ1v) is 12.5. The zero-order chi connectivity index (χ0) is 24.9. The minimum absolute atomic E-state index is 0.0834. The zero-order valence-electron chi connectivity index (χ0n) is 21.2. The van der Waals surface area contributed by atoms with Crippen LogP contribution in [0.3, 0.4) is 0 Å². The van der Waals surface area contributed by atoms with Crippen molar-refractivity contribution in [2.45, 2.75) is 53.5 Å². The summed E-state index contributed by atoms with van der Waals surface area (Å²) in [5.74, 6) is 0.136. The van der Waals surface area contributed by atoms with E-state index in [2.05, 4.69) is 31.0 Å². The maximum Gasteiger partial charge on any atom is 0.258 e. The van der Waals surface area contributed by atoms with Crippen molar-refractivity contribution >= 4 is 29.1 Å². The smallest absolute Gasteiger partial charge is 0.258 e. The second-order valence-corrected chi connectivity index (χ2v) is 11.1. The quantitative estimate of drug-likeness (QED) is 0.550. The standard InChI is InChI=1S/C28H38ClN3O2/c1-20-18-22(27(34)31(5)25-10-8-24(29)9-11-25)6-7-23(20)19-30-26(33)21-12-15-32(16-13-21)17-14-28(2,3)4/h6-11,18,21H,12-17,19H2,1-5H3,(H,30,33). The van der Waals surface area contributed by atoms with Crippen LogP contribution in [0.1, 0.15) is 61.5 Å². The van der Waals surface area contributed by atoms with Gasteiger partial charge in [0.15, 0.2) is 0 Å². The van der Waals surface area contributed by atoms with Gasteiger partial charge in [-0.05, 0) is 98.8 Å². The Morgan fingerprint density at radius 1 is 1.09 bits per heavy atom. The number of piperidine rings is 1. The summed E-state index contributed by atoms with van der Waals surface area (Å²) in [6, 6.07) is 12.9. The van der Waals surface area contributed by atoms with Gasteiger partial charge in [-0.1, -0.05) is 38.4 Å². The number of carbonyl (C=O) groups excluding carboxylic acids is 2. The molecule has 2 amide bonds. The number of halogens is 1. The summed E-state index contributed by atoms with van der Waals surface area (Å²) in [4.78, 5) is 29.8. The van der Waals surface area contributed by atoms with E-state index in [4.69, 9.17) is 11.6 Å². The fourth-order valence-electron chi connectivity index (χ4n) is 4.24. The van der Waals surface area contributed by atoms with E-state index in [9.17, 15) is 9.59 Å². The lowest BCUT2D eigenvalue weighted by Crippen LogP contribution is -2.41. The molecule has 0 aromatic heterocycles. The molecule has 0 radical (unpaired) electrons. The maximum atomic E-state index is 12.9. The first-order chi connectivity index (χ1) is 16.0. The van der Waals surface area contributed by atoms with E-state index in [1.54, 1.807) is 24.1 Å². The van der Waals surface area contributed by atoms with Crippen LogP contribution in [0.2, 0.25) is 5.02 Å². The maximum absolute atomic E-state index is 12.9. The number of hydrogen-bond acceptors (Lipinski definition) is 3. The number of anilines is 1. The predicted molar refractivity (Wildman–Crippen MR) is 140 cm³/mol. The highest BCUT2D eigenvalue weighted by molar-refractivity contribution is 6.30. The summed E-state index contributed by atoms with van der Waals surface area (Å²) < 4.78 is 0. The molecule has 1 N–H and O–H groups in total. The molecule has 0 atom stereocenters. The predicted octanol–water partition coefficient (Wildman–Crippen LogP) is 5.69. The Hall–Kier alpha value is -2.37. The minimum Gasteiger partial charge on any atom is -0.352 e. The second-order valence-electron chi connectivity index (χ2n) is 10.6. The van der Waals surface area contributed by atoms with Crippen LogP contribution >= 0.6 is 11.6 Å². The highest BCUT2D eigenvalue weighted by Gasteiger charge is 2.25. The lowest BCUT2D eigenvalue weighted by Gasteiger charge is -2.33. The van der Waals surface area contributed by atoms with Gasteiger partial charge in [-0.3, -0.25) is 9.59 Å². The number of carbonyl (C=O) groups is 2. The lowest BCUT2D eigenvalue weighted by molar-refractivity contribution is -0.126. The normalized spacial score (nSPS) is 15.2. The van der Waals surface area contributed by atoms with Gasteiger partial charge in [-0.2, -0.15) is 0 Å². The molecule has 1 saturated heterocycles. The molecule has 0 spiro atoms. The monoisotopic (exact) mass is 483 g/mol. The van der Waals surface area contributed by atoms with E-state index >= 15 is 0 Å². The molecule has 3 rings (SSSR count). The van der Waals surface area contributed by atoms with E-state index in [1.165, 1.54) is 6.42 Å². The number of amides is 2. The molecule has 0 saturated carbocycles. The van der Waals surface area contributed by atoms with Crippen molar-refractivity contribution in [3.05, 3.63) is 64.2 Å². The van der Waals surface area contributed by atoms with Gasteiger partial charge in [0.05, 0.1) is 0 Å². The molecule has 1 aliphatic rings. The van der Waals surface area contributed by atoms with Crippen LogP contribution in [0.4, 0.5) is 5.69 Å². The SMILES string of the molecule is Cc1cc(C(=O)N(C)c2ccc(Cl)cc2)ccc1CNC(=O)C1CCN(CCC(C)(C)C)CC1. The van der Waals surface area contributed by atoms with E-state index in [0.29, 0.717) is 22.5 Å². The van der Waals surface area contributed by atoms with E-state index in [0.717, 1.165) is 49.3 Å². The number of rotatable bonds is 7. The van der Waals surface area contributed by atoms with Gasteiger partial charge in [0.2, 0.25) is 5.91 Å². The average Bonchev–Trinajstić information content (AvgIpc) is 2.81. The van der Waals surface area contributed by atoms with E-state index in [1.807, 2.05) is 37.3 Å². The molecule has 1 fully saturated rings. The fraction of sp³-hybridized carbons (Fsp3) is 0.500. The highest BCUT2D eigenvalue weighted by Crippen LogP contribution is 2.23. The van der Waals surface area contributed by atoms with E-state index in [-0.39, 0.29) is 17.7 Å². The summed E-state index contributed by atoms with van der Waals surface area (Å²) in [6.07, 6.45) is 3.01. The number of hydrogen-bond donors (Lipinski definition) is 1. The third kappa shape index (κ3) is 7.31. The zero-order valence-corrected chi connectivity index (χ0v) is 21.9. The van der Waals surface area contributed by atoms with Gasteiger partial charge < -0.3 is 15.1 Å². The number of aryl methyl sites for hydroxylation is 1. The molecule has 34 heavy (non-hydrogen) atoms. The molecule has 0 unspecified atom stereocenters. The summed E-state index contributed by atoms with van der Waals surface area (Å²) in [6.45, 7) is 12.4. The van der Waals surface area contributed by atoms with Gasteiger partial charge in [0.1, 0.15) is 0 Å². The van der Waals surface area contributed by atoms with E-state index < -0.39 is 0 Å². The molecule has 0 bridgehead atoms. The number of likely N-dealkylation sites (tertiary alicyclic amines) is 1. The largest absolute Gasteiger partial charge is 0.352 e. The molecular weight excluding hydrogens is 446 g/mol. The Bertz CT molecular complexity index is 990. The fourth-order valence-corrected chi connectivity index (χ4v) is 4.37. The molecule has 1 aliphatic heterocycles. The van der Waals surface area contributed by atoms with Crippen molar-refractivity contribution in [2.75, 3.05) is 31.6 Å².